The first-order chi connectivity index (χ1) is 14.8. The van der Waals surface area contributed by atoms with Gasteiger partial charge in [-0.25, -0.2) is 0 Å². The number of fused-ring (bicyclic) bond motifs is 1. The van der Waals surface area contributed by atoms with Crippen LogP contribution in [0.5, 0.6) is 0 Å². The maximum Gasteiger partial charge on any atom is 0.158 e. The normalized spacial score (nSPS) is 29.3. The molecule has 3 aliphatic heterocycles. The molecule has 0 spiro atoms. The van der Waals surface area contributed by atoms with Crippen molar-refractivity contribution in [1.82, 2.24) is 4.90 Å². The molecule has 1 unspecified atom stereocenters. The van der Waals surface area contributed by atoms with Gasteiger partial charge in [-0.2, -0.15) is 0 Å². The number of morpholine rings is 1. The van der Waals surface area contributed by atoms with Gasteiger partial charge in [0.1, 0.15) is 0 Å². The average molecular weight is 451 g/mol. The van der Waals surface area contributed by atoms with E-state index in [0.29, 0.717) is 29.4 Å². The number of nitrogens with two attached hydrogens (primary N) is 1. The first-order valence-electron chi connectivity index (χ1n) is 11.1. The Morgan fingerprint density at radius 1 is 1.06 bits per heavy atom. The summed E-state index contributed by atoms with van der Waals surface area (Å²) < 4.78 is 5.45. The van der Waals surface area contributed by atoms with E-state index < -0.39 is 5.44 Å². The lowest BCUT2D eigenvalue weighted by atomic mass is 9.71. The highest BCUT2D eigenvalue weighted by molar-refractivity contribution is 8.00. The number of likely N-dealkylation sites (tertiary alicyclic amines) is 1. The highest BCUT2D eigenvalue weighted by Gasteiger charge is 2.56. The molecule has 0 radical (unpaired) electrons. The Morgan fingerprint density at radius 2 is 1.58 bits per heavy atom. The van der Waals surface area contributed by atoms with Crippen LogP contribution < -0.4 is 15.5 Å². The third kappa shape index (κ3) is 5.73. The van der Waals surface area contributed by atoms with E-state index in [1.54, 1.807) is 0 Å². The number of thioether (sulfide) groups is 1. The summed E-state index contributed by atoms with van der Waals surface area (Å²) in [7, 11) is 2.26. The summed E-state index contributed by atoms with van der Waals surface area (Å²) in [4.78, 5) is 17.2. The zero-order valence-electron chi connectivity index (χ0n) is 19.1. The molecule has 3 heterocycles. The van der Waals surface area contributed by atoms with Gasteiger partial charge in [0, 0.05) is 73.8 Å². The molecule has 1 aromatic rings. The summed E-state index contributed by atoms with van der Waals surface area (Å²) >= 11 is 1.14. The van der Waals surface area contributed by atoms with Gasteiger partial charge >= 0.3 is 0 Å². The van der Waals surface area contributed by atoms with E-state index >= 15 is 0 Å². The van der Waals surface area contributed by atoms with Crippen molar-refractivity contribution in [3.63, 3.8) is 0 Å². The predicted molar refractivity (Wildman–Crippen MR) is 129 cm³/mol. The molecule has 0 aromatic heterocycles. The first-order valence-corrected chi connectivity index (χ1v) is 12.2. The van der Waals surface area contributed by atoms with Crippen LogP contribution in [0.3, 0.4) is 0 Å². The van der Waals surface area contributed by atoms with Crippen LogP contribution in [0.2, 0.25) is 0 Å². The van der Waals surface area contributed by atoms with Crippen LogP contribution in [0.15, 0.2) is 24.3 Å². The number of nitrogens with zero attached hydrogens (tertiary/aromatic N) is 3. The van der Waals surface area contributed by atoms with Crippen LogP contribution in [0.25, 0.3) is 0 Å². The Bertz CT molecular complexity index is 695. The van der Waals surface area contributed by atoms with E-state index in [1.165, 1.54) is 37.6 Å². The van der Waals surface area contributed by atoms with Gasteiger partial charge in [0.15, 0.2) is 11.7 Å². The second-order valence-electron chi connectivity index (χ2n) is 9.45. The smallest absolute Gasteiger partial charge is 0.158 e. The molecule has 3 saturated heterocycles. The molecule has 1 aromatic carbocycles. The van der Waals surface area contributed by atoms with E-state index in [1.807, 2.05) is 0 Å². The molecule has 174 valence electrons. The summed E-state index contributed by atoms with van der Waals surface area (Å²) in [5.74, 6) is 0.625. The van der Waals surface area contributed by atoms with Gasteiger partial charge in [-0.15, -0.1) is 11.8 Å². The quantitative estimate of drug-likeness (QED) is 0.498. The van der Waals surface area contributed by atoms with Crippen molar-refractivity contribution in [1.29, 1.82) is 0 Å². The minimum Gasteiger partial charge on any atom is -0.378 e. The van der Waals surface area contributed by atoms with Gasteiger partial charge < -0.3 is 30.3 Å². The lowest BCUT2D eigenvalue weighted by molar-refractivity contribution is -0.111. The highest BCUT2D eigenvalue weighted by Crippen LogP contribution is 2.51. The van der Waals surface area contributed by atoms with Gasteiger partial charge in [-0.3, -0.25) is 4.79 Å². The van der Waals surface area contributed by atoms with E-state index in [0.717, 1.165) is 38.1 Å². The van der Waals surface area contributed by atoms with Crippen molar-refractivity contribution >= 4 is 29.4 Å². The van der Waals surface area contributed by atoms with Crippen molar-refractivity contribution in [3.05, 3.63) is 24.3 Å². The van der Waals surface area contributed by atoms with Crippen molar-refractivity contribution in [3.8, 4) is 0 Å². The molecule has 3 fully saturated rings. The number of ether oxygens (including phenoxy) is 1. The minimum atomic E-state index is -0.890. The Balaban J connectivity index is 0.000000293. The average Bonchev–Trinajstić information content (AvgIpc) is 3.15. The topological polar surface area (TPSA) is 82.3 Å². The lowest BCUT2D eigenvalue weighted by Gasteiger charge is -2.30. The molecule has 0 aliphatic carbocycles. The highest BCUT2D eigenvalue weighted by atomic mass is 32.2. The van der Waals surface area contributed by atoms with Crippen LogP contribution in [0.1, 0.15) is 13.8 Å². The second kappa shape index (κ2) is 10.5. The van der Waals surface area contributed by atoms with Crippen LogP contribution in [0.4, 0.5) is 11.4 Å². The van der Waals surface area contributed by atoms with E-state index in [4.69, 9.17) is 15.6 Å². The SMILES string of the molecule is CN1C[C@@]2(C)CN(c3ccc(N4CCOCC4)cc3)C[C@@]2(C)C1.NCCSC(O)C=O. The zero-order chi connectivity index (χ0) is 22.5. The number of aldehydes is 1. The number of carbonyl (C=O) groups is 1. The third-order valence-corrected chi connectivity index (χ3v) is 7.81. The number of benzene rings is 1. The Kier molecular flexibility index (Phi) is 8.26. The third-order valence-electron chi connectivity index (χ3n) is 6.89. The number of aliphatic hydroxyl groups is 1. The van der Waals surface area contributed by atoms with Crippen molar-refractivity contribution < 1.29 is 14.6 Å². The first kappa shape index (κ1) is 24.3. The zero-order valence-corrected chi connectivity index (χ0v) is 19.9. The molecular formula is C23H38N4O3S. The van der Waals surface area contributed by atoms with Gasteiger partial charge in [0.05, 0.1) is 13.2 Å². The second-order valence-corrected chi connectivity index (χ2v) is 10.7. The predicted octanol–water partition coefficient (Wildman–Crippen LogP) is 1.50. The molecule has 3 N–H and O–H groups in total. The number of rotatable bonds is 6. The van der Waals surface area contributed by atoms with E-state index in [2.05, 4.69) is 59.9 Å². The van der Waals surface area contributed by atoms with Gasteiger partial charge in [-0.1, -0.05) is 13.8 Å². The monoisotopic (exact) mass is 450 g/mol. The molecule has 7 nitrogen and oxygen atoms in total. The molecule has 31 heavy (non-hydrogen) atoms. The molecule has 0 amide bonds. The molecule has 0 saturated carbocycles. The molecule has 4 rings (SSSR count). The molecular weight excluding hydrogens is 412 g/mol. The van der Waals surface area contributed by atoms with Gasteiger partial charge in [0.2, 0.25) is 0 Å². The van der Waals surface area contributed by atoms with Gasteiger partial charge in [-0.05, 0) is 31.3 Å². The van der Waals surface area contributed by atoms with Crippen LogP contribution in [0, 0.1) is 10.8 Å². The summed E-state index contributed by atoms with van der Waals surface area (Å²) in [6.45, 7) is 13.9. The van der Waals surface area contributed by atoms with E-state index in [9.17, 15) is 4.79 Å². The maximum atomic E-state index is 9.70. The maximum absolute atomic E-state index is 9.70. The molecule has 3 atom stereocenters. The van der Waals surface area contributed by atoms with Gasteiger partial charge in [0.25, 0.3) is 0 Å². The largest absolute Gasteiger partial charge is 0.378 e. The molecule has 8 heteroatoms. The number of anilines is 2. The lowest BCUT2D eigenvalue weighted by Crippen LogP contribution is -2.36. The summed E-state index contributed by atoms with van der Waals surface area (Å²) in [6, 6.07) is 9.18. The summed E-state index contributed by atoms with van der Waals surface area (Å²) in [5, 5.41) is 8.53. The standard InChI is InChI=1S/C19H29N3O.C4H9NO2S/c1-18-12-20(3)13-19(18,2)15-22(14-18)17-6-4-16(5-7-17)21-8-10-23-11-9-21;5-1-2-8-4(7)3-6/h4-7H,8-15H2,1-3H3;3-4,7H,1-2,5H2/t18-,19+;. The van der Waals surface area contributed by atoms with Crippen molar-refractivity contribution in [2.24, 2.45) is 16.6 Å². The Labute approximate surface area is 190 Å². The Hall–Kier alpha value is -1.32. The Morgan fingerprint density at radius 3 is 2.06 bits per heavy atom. The molecule has 3 aliphatic rings. The number of carbonyl (C=O) groups excluding carboxylic acids is 1. The number of hydrogen-bond acceptors (Lipinski definition) is 8. The van der Waals surface area contributed by atoms with Crippen LogP contribution in [-0.2, 0) is 9.53 Å². The minimum absolute atomic E-state index is 0.407. The van der Waals surface area contributed by atoms with E-state index in [-0.39, 0.29) is 0 Å². The van der Waals surface area contributed by atoms with Crippen LogP contribution >= 0.6 is 11.8 Å². The van der Waals surface area contributed by atoms with Crippen LogP contribution in [-0.4, -0.2) is 93.6 Å². The fourth-order valence-corrected chi connectivity index (χ4v) is 5.57. The molecule has 0 bridgehead atoms. The fraction of sp³-hybridized carbons (Fsp3) is 0.696. The fourth-order valence-electron chi connectivity index (χ4n) is 5.12. The van der Waals surface area contributed by atoms with Crippen molar-refractivity contribution in [2.45, 2.75) is 19.3 Å². The number of aliphatic hydroxyl groups excluding tert-OH is 1. The summed E-state index contributed by atoms with van der Waals surface area (Å²) in [5.41, 5.74) is 7.71. The summed E-state index contributed by atoms with van der Waals surface area (Å²) in [6.07, 6.45) is 0.486. The van der Waals surface area contributed by atoms with Crippen molar-refractivity contribution in [2.75, 3.05) is 81.6 Å². The number of hydrogen-bond donors (Lipinski definition) is 2.